The molecule has 1 aromatic rings. The second-order valence-electron chi connectivity index (χ2n) is 2.06. The summed E-state index contributed by atoms with van der Waals surface area (Å²) >= 11 is 0. The number of para-hydroxylation sites is 1. The number of carbonyl (C=O) groups is 1. The Balaban J connectivity index is 3.12. The molecular weight excluding hydrogens is 140 g/mol. The lowest BCUT2D eigenvalue weighted by atomic mass is 10.1. The van der Waals surface area contributed by atoms with Crippen LogP contribution in [-0.2, 0) is 0 Å². The smallest absolute Gasteiger partial charge is 0.171 e. The molecule has 0 fully saturated rings. The lowest BCUT2D eigenvalue weighted by Crippen LogP contribution is -1.96. The number of carbonyl (C=O) groups excluding carboxylic acids is 1. The van der Waals surface area contributed by atoms with Gasteiger partial charge < -0.3 is 4.74 Å². The summed E-state index contributed by atoms with van der Waals surface area (Å²) in [6.45, 7) is 5.07. The number of ketones is 1. The Hall–Kier alpha value is -1.31. The fraction of sp³-hybridized carbons (Fsp3) is 0.111. The van der Waals surface area contributed by atoms with Crippen LogP contribution in [-0.4, -0.2) is 12.9 Å². The first-order valence-corrected chi connectivity index (χ1v) is 3.18. The van der Waals surface area contributed by atoms with Crippen molar-refractivity contribution >= 4 is 5.78 Å². The van der Waals surface area contributed by atoms with Crippen LogP contribution in [0, 0.1) is 6.92 Å². The number of ether oxygens (including phenoxy) is 1. The molecule has 0 aromatic heterocycles. The van der Waals surface area contributed by atoms with E-state index in [-0.39, 0.29) is 0 Å². The fourth-order valence-corrected chi connectivity index (χ4v) is 0.848. The largest absolute Gasteiger partial charge is 0.496 e. The summed E-state index contributed by atoms with van der Waals surface area (Å²) in [5.41, 5.74) is 0.412. The van der Waals surface area contributed by atoms with Crippen LogP contribution >= 0.6 is 0 Å². The molecule has 0 heterocycles. The van der Waals surface area contributed by atoms with Gasteiger partial charge in [-0.3, -0.25) is 4.79 Å². The molecule has 0 aliphatic rings. The van der Waals surface area contributed by atoms with Gasteiger partial charge in [0.2, 0.25) is 0 Å². The molecular formula is C9H8O2. The third-order valence-electron chi connectivity index (χ3n) is 1.37. The van der Waals surface area contributed by atoms with Crippen LogP contribution in [0.1, 0.15) is 10.4 Å². The highest BCUT2D eigenvalue weighted by molar-refractivity contribution is 6.01. The van der Waals surface area contributed by atoms with Gasteiger partial charge in [-0.2, -0.15) is 0 Å². The van der Waals surface area contributed by atoms with Gasteiger partial charge in [-0.1, -0.05) is 12.1 Å². The molecule has 0 amide bonds. The van der Waals surface area contributed by atoms with Crippen molar-refractivity contribution in [1.82, 2.24) is 0 Å². The SMILES string of the molecule is [CH]C(=O)c1ccccc1OC. The van der Waals surface area contributed by atoms with Crippen molar-refractivity contribution in [2.24, 2.45) is 0 Å². The van der Waals surface area contributed by atoms with Crippen LogP contribution in [0.15, 0.2) is 24.3 Å². The zero-order valence-corrected chi connectivity index (χ0v) is 6.20. The molecule has 11 heavy (non-hydrogen) atoms. The fourth-order valence-electron chi connectivity index (χ4n) is 0.848. The number of methoxy groups -OCH3 is 1. The maximum atomic E-state index is 10.7. The highest BCUT2D eigenvalue weighted by atomic mass is 16.5. The molecule has 1 aromatic carbocycles. The molecule has 2 heteroatoms. The molecule has 0 bridgehead atoms. The van der Waals surface area contributed by atoms with Crippen LogP contribution in [0.5, 0.6) is 5.75 Å². The summed E-state index contributed by atoms with van der Waals surface area (Å²) in [6.07, 6.45) is 0. The maximum absolute atomic E-state index is 10.7. The van der Waals surface area contributed by atoms with Gasteiger partial charge in [0.05, 0.1) is 12.7 Å². The highest BCUT2D eigenvalue weighted by Gasteiger charge is 2.04. The molecule has 56 valence electrons. The number of rotatable bonds is 2. The maximum Gasteiger partial charge on any atom is 0.171 e. The van der Waals surface area contributed by atoms with Crippen LogP contribution in [0.4, 0.5) is 0 Å². The molecule has 0 aliphatic carbocycles. The van der Waals surface area contributed by atoms with Crippen molar-refractivity contribution in [3.63, 3.8) is 0 Å². The molecule has 0 saturated heterocycles. The quantitative estimate of drug-likeness (QED) is 0.595. The summed E-state index contributed by atoms with van der Waals surface area (Å²) in [4.78, 5) is 10.7. The zero-order valence-electron chi connectivity index (χ0n) is 6.20. The van der Waals surface area contributed by atoms with Crippen molar-refractivity contribution < 1.29 is 9.53 Å². The normalized spacial score (nSPS) is 9.27. The summed E-state index contributed by atoms with van der Waals surface area (Å²) in [5.74, 6) is 0.0439. The zero-order chi connectivity index (χ0) is 8.27. The Kier molecular flexibility index (Phi) is 2.26. The van der Waals surface area contributed by atoms with Gasteiger partial charge in [0, 0.05) is 6.92 Å². The van der Waals surface area contributed by atoms with Crippen molar-refractivity contribution in [2.75, 3.05) is 7.11 Å². The Morgan fingerprint density at radius 3 is 2.55 bits per heavy atom. The summed E-state index contributed by atoms with van der Waals surface area (Å²) in [6, 6.07) is 6.84. The van der Waals surface area contributed by atoms with E-state index in [1.165, 1.54) is 7.11 Å². The van der Waals surface area contributed by atoms with Crippen molar-refractivity contribution in [3.05, 3.63) is 36.8 Å². The highest BCUT2D eigenvalue weighted by Crippen LogP contribution is 2.16. The van der Waals surface area contributed by atoms with Gasteiger partial charge >= 0.3 is 0 Å². The third-order valence-corrected chi connectivity index (χ3v) is 1.37. The minimum absolute atomic E-state index is 0.412. The monoisotopic (exact) mass is 148 g/mol. The summed E-state index contributed by atoms with van der Waals surface area (Å²) < 4.78 is 4.91. The molecule has 2 radical (unpaired) electrons. The Morgan fingerprint density at radius 2 is 2.09 bits per heavy atom. The van der Waals surface area contributed by atoms with Gasteiger partial charge in [0.15, 0.2) is 5.78 Å². The van der Waals surface area contributed by atoms with Crippen molar-refractivity contribution in [3.8, 4) is 5.75 Å². The molecule has 0 spiro atoms. The summed E-state index contributed by atoms with van der Waals surface area (Å²) in [7, 11) is 1.50. The third kappa shape index (κ3) is 1.58. The lowest BCUT2D eigenvalue weighted by Gasteiger charge is -2.02. The molecule has 0 atom stereocenters. The first-order chi connectivity index (χ1) is 5.25. The van der Waals surface area contributed by atoms with Gasteiger partial charge in [-0.15, -0.1) is 0 Å². The lowest BCUT2D eigenvalue weighted by molar-refractivity contribution is 0.104. The predicted molar refractivity (Wildman–Crippen MR) is 41.6 cm³/mol. The van der Waals surface area contributed by atoms with E-state index in [9.17, 15) is 4.79 Å². The average molecular weight is 148 g/mol. The second kappa shape index (κ2) is 3.19. The first kappa shape index (κ1) is 7.79. The average Bonchev–Trinajstić information content (AvgIpc) is 2.04. The van der Waals surface area contributed by atoms with Gasteiger partial charge in [0.1, 0.15) is 5.75 Å². The summed E-state index contributed by atoms with van der Waals surface area (Å²) in [5, 5.41) is 0. The van der Waals surface area contributed by atoms with Gasteiger partial charge in [-0.05, 0) is 12.1 Å². The number of hydrogen-bond donors (Lipinski definition) is 0. The molecule has 1 rings (SSSR count). The van der Waals surface area contributed by atoms with E-state index in [2.05, 4.69) is 0 Å². The minimum Gasteiger partial charge on any atom is -0.496 e. The van der Waals surface area contributed by atoms with Crippen molar-refractivity contribution in [2.45, 2.75) is 0 Å². The van der Waals surface area contributed by atoms with E-state index in [1.807, 2.05) is 0 Å². The van der Waals surface area contributed by atoms with E-state index >= 15 is 0 Å². The van der Waals surface area contributed by atoms with E-state index in [0.29, 0.717) is 11.3 Å². The standard InChI is InChI=1S/C9H8O2/c1-7(10)8-5-3-4-6-9(8)11-2/h1,3-6H,2H3. The molecule has 0 aliphatic heterocycles. The first-order valence-electron chi connectivity index (χ1n) is 3.18. The van der Waals surface area contributed by atoms with Gasteiger partial charge in [-0.25, -0.2) is 0 Å². The molecule has 0 saturated carbocycles. The Labute approximate surface area is 65.8 Å². The number of Topliss-reactive ketones (excluding diaryl/α,β-unsaturated/α-hetero) is 1. The topological polar surface area (TPSA) is 26.3 Å². The van der Waals surface area contributed by atoms with Gasteiger partial charge in [0.25, 0.3) is 0 Å². The predicted octanol–water partition coefficient (Wildman–Crippen LogP) is 1.59. The second-order valence-corrected chi connectivity index (χ2v) is 2.06. The van der Waals surface area contributed by atoms with E-state index in [0.717, 1.165) is 0 Å². The van der Waals surface area contributed by atoms with Crippen LogP contribution in [0.25, 0.3) is 0 Å². The van der Waals surface area contributed by atoms with Crippen LogP contribution in [0.2, 0.25) is 0 Å². The molecule has 0 N–H and O–H groups in total. The Bertz CT molecular complexity index is 266. The number of benzene rings is 1. The molecule has 0 unspecified atom stereocenters. The van der Waals surface area contributed by atoms with Crippen LogP contribution in [0.3, 0.4) is 0 Å². The van der Waals surface area contributed by atoms with Crippen LogP contribution < -0.4 is 4.74 Å². The Morgan fingerprint density at radius 1 is 1.45 bits per heavy atom. The molecule has 2 nitrogen and oxygen atoms in total. The van der Waals surface area contributed by atoms with E-state index in [4.69, 9.17) is 11.7 Å². The van der Waals surface area contributed by atoms with E-state index < -0.39 is 5.78 Å². The minimum atomic E-state index is -0.470. The number of hydrogen-bond acceptors (Lipinski definition) is 2. The van der Waals surface area contributed by atoms with E-state index in [1.54, 1.807) is 24.3 Å². The van der Waals surface area contributed by atoms with Crippen molar-refractivity contribution in [1.29, 1.82) is 0 Å².